The number of imide groups is 1. The van der Waals surface area contributed by atoms with Crippen molar-refractivity contribution in [2.75, 3.05) is 13.1 Å². The minimum Gasteiger partial charge on any atom is -0.324 e. The molecule has 1 aromatic rings. The fourth-order valence-corrected chi connectivity index (χ4v) is 1.92. The summed E-state index contributed by atoms with van der Waals surface area (Å²) >= 11 is 0. The lowest BCUT2D eigenvalue weighted by atomic mass is 10.1. The number of rotatable bonds is 3. The van der Waals surface area contributed by atoms with E-state index in [1.807, 2.05) is 0 Å². The fraction of sp³-hybridized carbons (Fsp3) is 0.308. The van der Waals surface area contributed by atoms with Gasteiger partial charge >= 0.3 is 0 Å². The normalized spacial score (nSPS) is 15.2. The molecule has 1 heterocycles. The highest BCUT2D eigenvalue weighted by atomic mass is 19.2. The Bertz CT molecular complexity index is 559. The molecule has 2 rings (SSSR count). The summed E-state index contributed by atoms with van der Waals surface area (Å²) in [5.41, 5.74) is 0.477. The molecule has 0 unspecified atom stereocenters. The Morgan fingerprint density at radius 3 is 2.40 bits per heavy atom. The first-order valence-electron chi connectivity index (χ1n) is 6.00. The molecule has 7 heteroatoms. The van der Waals surface area contributed by atoms with Crippen LogP contribution in [0.25, 0.3) is 0 Å². The molecule has 0 bridgehead atoms. The molecule has 1 aliphatic heterocycles. The Morgan fingerprint density at radius 1 is 1.15 bits per heavy atom. The molecule has 0 spiro atoms. The predicted octanol–water partition coefficient (Wildman–Crippen LogP) is 0.382. The number of carbonyl (C=O) groups excluding carboxylic acids is 3. The Labute approximate surface area is 113 Å². The van der Waals surface area contributed by atoms with Gasteiger partial charge in [-0.15, -0.1) is 0 Å². The minimum atomic E-state index is -0.970. The lowest BCUT2D eigenvalue weighted by molar-refractivity contribution is -0.145. The van der Waals surface area contributed by atoms with Crippen molar-refractivity contribution in [3.63, 3.8) is 0 Å². The van der Waals surface area contributed by atoms with E-state index in [-0.39, 0.29) is 31.8 Å². The maximum atomic E-state index is 13.0. The van der Waals surface area contributed by atoms with Crippen molar-refractivity contribution < 1.29 is 23.2 Å². The van der Waals surface area contributed by atoms with E-state index in [1.54, 1.807) is 0 Å². The minimum absolute atomic E-state index is 0.0195. The zero-order valence-corrected chi connectivity index (χ0v) is 10.5. The molecule has 1 aromatic carbocycles. The van der Waals surface area contributed by atoms with Crippen molar-refractivity contribution >= 4 is 17.7 Å². The van der Waals surface area contributed by atoms with Crippen molar-refractivity contribution in [1.82, 2.24) is 10.2 Å². The molecule has 0 saturated carbocycles. The molecule has 106 valence electrons. The quantitative estimate of drug-likeness (QED) is 0.815. The molecule has 1 fully saturated rings. The van der Waals surface area contributed by atoms with Gasteiger partial charge in [0, 0.05) is 6.42 Å². The lowest BCUT2D eigenvalue weighted by Gasteiger charge is -2.25. The molecule has 3 amide bonds. The highest BCUT2D eigenvalue weighted by Crippen LogP contribution is 2.11. The van der Waals surface area contributed by atoms with Gasteiger partial charge in [0.1, 0.15) is 13.1 Å². The Balaban J connectivity index is 1.93. The third-order valence-electron chi connectivity index (χ3n) is 2.91. The standard InChI is InChI=1S/C13H12F2N2O3/c14-9-3-1-8(5-10(9)15)2-4-13(20)17-6-11(18)16-12(19)7-17/h1,3,5H,2,4,6-7H2,(H,16,18,19). The predicted molar refractivity (Wildman–Crippen MR) is 64.4 cm³/mol. The maximum absolute atomic E-state index is 13.0. The van der Waals surface area contributed by atoms with Gasteiger partial charge in [0.2, 0.25) is 17.7 Å². The van der Waals surface area contributed by atoms with E-state index in [4.69, 9.17) is 0 Å². The smallest absolute Gasteiger partial charge is 0.246 e. The molecular weight excluding hydrogens is 270 g/mol. The van der Waals surface area contributed by atoms with Crippen LogP contribution in [0, 0.1) is 11.6 Å². The molecule has 1 aliphatic rings. The molecular formula is C13H12F2N2O3. The fourth-order valence-electron chi connectivity index (χ4n) is 1.92. The molecule has 0 atom stereocenters. The number of nitrogens with zero attached hydrogens (tertiary/aromatic N) is 1. The maximum Gasteiger partial charge on any atom is 0.246 e. The Hall–Kier alpha value is -2.31. The van der Waals surface area contributed by atoms with Gasteiger partial charge in [0.25, 0.3) is 0 Å². The molecule has 1 N–H and O–H groups in total. The SMILES string of the molecule is O=C1CN(C(=O)CCc2ccc(F)c(F)c2)CC(=O)N1. The second kappa shape index (κ2) is 5.77. The molecule has 0 aromatic heterocycles. The molecule has 20 heavy (non-hydrogen) atoms. The van der Waals surface area contributed by atoms with Gasteiger partial charge in [-0.2, -0.15) is 0 Å². The van der Waals surface area contributed by atoms with E-state index >= 15 is 0 Å². The number of carbonyl (C=O) groups is 3. The average Bonchev–Trinajstić information content (AvgIpc) is 2.38. The number of piperazine rings is 1. The van der Waals surface area contributed by atoms with E-state index in [0.717, 1.165) is 17.0 Å². The van der Waals surface area contributed by atoms with Gasteiger partial charge in [-0.05, 0) is 24.1 Å². The van der Waals surface area contributed by atoms with Crippen LogP contribution < -0.4 is 5.32 Å². The summed E-state index contributed by atoms with van der Waals surface area (Å²) in [6, 6.07) is 3.41. The van der Waals surface area contributed by atoms with Crippen LogP contribution in [0.5, 0.6) is 0 Å². The highest BCUT2D eigenvalue weighted by molar-refractivity contribution is 6.02. The van der Waals surface area contributed by atoms with Gasteiger partial charge in [-0.25, -0.2) is 8.78 Å². The molecule has 1 saturated heterocycles. The second-order valence-electron chi connectivity index (χ2n) is 4.47. The summed E-state index contributed by atoms with van der Waals surface area (Å²) in [7, 11) is 0. The van der Waals surface area contributed by atoms with E-state index in [9.17, 15) is 23.2 Å². The Morgan fingerprint density at radius 2 is 1.80 bits per heavy atom. The first kappa shape index (κ1) is 14.1. The zero-order valence-electron chi connectivity index (χ0n) is 10.5. The van der Waals surface area contributed by atoms with E-state index in [1.165, 1.54) is 6.07 Å². The van der Waals surface area contributed by atoms with Gasteiger partial charge in [-0.3, -0.25) is 19.7 Å². The molecule has 0 aliphatic carbocycles. The molecule has 0 radical (unpaired) electrons. The summed E-state index contributed by atoms with van der Waals surface area (Å²) in [5, 5.41) is 2.09. The number of halogens is 2. The van der Waals surface area contributed by atoms with Crippen molar-refractivity contribution in [2.24, 2.45) is 0 Å². The number of aryl methyl sites for hydroxylation is 1. The van der Waals surface area contributed by atoms with Crippen LogP contribution in [-0.2, 0) is 20.8 Å². The number of amides is 3. The lowest BCUT2D eigenvalue weighted by Crippen LogP contribution is -2.53. The number of hydrogen-bond donors (Lipinski definition) is 1. The van der Waals surface area contributed by atoms with Crippen LogP contribution in [0.1, 0.15) is 12.0 Å². The van der Waals surface area contributed by atoms with Crippen LogP contribution in [0.4, 0.5) is 8.78 Å². The van der Waals surface area contributed by atoms with Crippen molar-refractivity contribution in [3.05, 3.63) is 35.4 Å². The van der Waals surface area contributed by atoms with Crippen LogP contribution in [-0.4, -0.2) is 35.7 Å². The van der Waals surface area contributed by atoms with Crippen LogP contribution in [0.2, 0.25) is 0 Å². The monoisotopic (exact) mass is 282 g/mol. The van der Waals surface area contributed by atoms with Gasteiger partial charge < -0.3 is 4.90 Å². The first-order chi connectivity index (χ1) is 9.45. The third-order valence-corrected chi connectivity index (χ3v) is 2.91. The molecule has 5 nitrogen and oxygen atoms in total. The van der Waals surface area contributed by atoms with Crippen molar-refractivity contribution in [3.8, 4) is 0 Å². The number of benzene rings is 1. The van der Waals surface area contributed by atoms with E-state index < -0.39 is 23.4 Å². The van der Waals surface area contributed by atoms with E-state index in [2.05, 4.69) is 5.32 Å². The van der Waals surface area contributed by atoms with Gasteiger partial charge in [-0.1, -0.05) is 6.07 Å². The van der Waals surface area contributed by atoms with Crippen molar-refractivity contribution in [1.29, 1.82) is 0 Å². The van der Waals surface area contributed by atoms with Crippen LogP contribution in [0.15, 0.2) is 18.2 Å². The van der Waals surface area contributed by atoms with Crippen LogP contribution >= 0.6 is 0 Å². The largest absolute Gasteiger partial charge is 0.324 e. The summed E-state index contributed by atoms with van der Waals surface area (Å²) in [4.78, 5) is 35.2. The third kappa shape index (κ3) is 3.37. The first-order valence-corrected chi connectivity index (χ1v) is 6.00. The van der Waals surface area contributed by atoms with Gasteiger partial charge in [0.05, 0.1) is 0 Å². The van der Waals surface area contributed by atoms with Crippen LogP contribution in [0.3, 0.4) is 0 Å². The summed E-state index contributed by atoms with van der Waals surface area (Å²) in [6.45, 7) is -0.329. The Kier molecular flexibility index (Phi) is 4.07. The summed E-state index contributed by atoms with van der Waals surface area (Å²) in [5.74, 6) is -3.34. The topological polar surface area (TPSA) is 66.5 Å². The summed E-state index contributed by atoms with van der Waals surface area (Å²) in [6.07, 6.45) is 0.230. The summed E-state index contributed by atoms with van der Waals surface area (Å²) < 4.78 is 25.7. The number of hydrogen-bond acceptors (Lipinski definition) is 3. The average molecular weight is 282 g/mol. The van der Waals surface area contributed by atoms with Gasteiger partial charge in [0.15, 0.2) is 11.6 Å². The highest BCUT2D eigenvalue weighted by Gasteiger charge is 2.25. The van der Waals surface area contributed by atoms with E-state index in [0.29, 0.717) is 5.56 Å². The number of nitrogens with one attached hydrogen (secondary N) is 1. The second-order valence-corrected chi connectivity index (χ2v) is 4.47. The van der Waals surface area contributed by atoms with Crippen molar-refractivity contribution in [2.45, 2.75) is 12.8 Å². The zero-order chi connectivity index (χ0) is 14.7.